The van der Waals surface area contributed by atoms with Gasteiger partial charge in [-0.15, -0.1) is 0 Å². The normalized spacial score (nSPS) is 10.5. The van der Waals surface area contributed by atoms with Gasteiger partial charge in [0.2, 0.25) is 0 Å². The molecule has 1 heterocycles. The highest BCUT2D eigenvalue weighted by atomic mass is 35.5. The number of aryl methyl sites for hydroxylation is 1. The van der Waals surface area contributed by atoms with E-state index in [0.29, 0.717) is 10.7 Å². The Morgan fingerprint density at radius 1 is 1.18 bits per heavy atom. The number of rotatable bonds is 1. The van der Waals surface area contributed by atoms with Crippen molar-refractivity contribution >= 4 is 11.6 Å². The van der Waals surface area contributed by atoms with E-state index in [1.54, 1.807) is 12.1 Å². The summed E-state index contributed by atoms with van der Waals surface area (Å²) in [6.07, 6.45) is 1.43. The lowest BCUT2D eigenvalue weighted by Gasteiger charge is -2.09. The van der Waals surface area contributed by atoms with Crippen LogP contribution in [0.4, 0.5) is 0 Å². The largest absolute Gasteiger partial charge is 0.335 e. The summed E-state index contributed by atoms with van der Waals surface area (Å²) < 4.78 is 2.39. The van der Waals surface area contributed by atoms with Crippen molar-refractivity contribution in [3.05, 3.63) is 61.9 Å². The first kappa shape index (κ1) is 11.7. The number of aromatic nitrogens is 2. The van der Waals surface area contributed by atoms with Crippen LogP contribution in [0.3, 0.4) is 0 Å². The zero-order valence-corrected chi connectivity index (χ0v) is 10.2. The second-order valence-electron chi connectivity index (χ2n) is 3.82. The summed E-state index contributed by atoms with van der Waals surface area (Å²) in [5.74, 6) is 0. The second kappa shape index (κ2) is 4.22. The Morgan fingerprint density at radius 2 is 1.88 bits per heavy atom. The quantitative estimate of drug-likeness (QED) is 0.770. The van der Waals surface area contributed by atoms with Crippen LogP contribution in [0.2, 0.25) is 5.02 Å². The van der Waals surface area contributed by atoms with Crippen LogP contribution in [0.25, 0.3) is 5.69 Å². The molecule has 2 rings (SSSR count). The van der Waals surface area contributed by atoms with Gasteiger partial charge in [0.05, 0.1) is 10.7 Å². The van der Waals surface area contributed by atoms with Crippen molar-refractivity contribution < 1.29 is 0 Å². The predicted octanol–water partition coefficient (Wildman–Crippen LogP) is 1.50. The molecule has 5 heteroatoms. The molecule has 1 aromatic heterocycles. The average Bonchev–Trinajstić information content (AvgIpc) is 2.28. The van der Waals surface area contributed by atoms with Gasteiger partial charge in [-0.25, -0.2) is 4.79 Å². The molecule has 0 N–H and O–H groups in total. The molecule has 0 aliphatic heterocycles. The summed E-state index contributed by atoms with van der Waals surface area (Å²) in [5, 5.41) is 0.478. The van der Waals surface area contributed by atoms with Crippen LogP contribution in [0, 0.1) is 6.92 Å². The molecule has 88 valence electrons. The van der Waals surface area contributed by atoms with E-state index >= 15 is 0 Å². The van der Waals surface area contributed by atoms with Crippen molar-refractivity contribution in [2.75, 3.05) is 0 Å². The maximum absolute atomic E-state index is 11.9. The highest BCUT2D eigenvalue weighted by Gasteiger charge is 2.07. The van der Waals surface area contributed by atoms with Gasteiger partial charge in [-0.05, 0) is 24.6 Å². The zero-order valence-electron chi connectivity index (χ0n) is 9.48. The summed E-state index contributed by atoms with van der Waals surface area (Å²) in [6.45, 7) is 1.92. The van der Waals surface area contributed by atoms with Crippen LogP contribution < -0.4 is 11.2 Å². The van der Waals surface area contributed by atoms with E-state index in [0.717, 1.165) is 10.1 Å². The van der Waals surface area contributed by atoms with E-state index in [-0.39, 0.29) is 5.56 Å². The minimum Gasteiger partial charge on any atom is -0.269 e. The molecule has 0 atom stereocenters. The Kier molecular flexibility index (Phi) is 2.90. The molecule has 2 aromatic rings. The van der Waals surface area contributed by atoms with Crippen LogP contribution in [0.1, 0.15) is 5.56 Å². The Labute approximate surface area is 103 Å². The third-order valence-electron chi connectivity index (χ3n) is 2.55. The maximum Gasteiger partial charge on any atom is 0.335 e. The third kappa shape index (κ3) is 2.03. The highest BCUT2D eigenvalue weighted by molar-refractivity contribution is 6.32. The monoisotopic (exact) mass is 250 g/mol. The highest BCUT2D eigenvalue weighted by Crippen LogP contribution is 2.19. The molecule has 0 bridgehead atoms. The molecule has 17 heavy (non-hydrogen) atoms. The van der Waals surface area contributed by atoms with Crippen molar-refractivity contribution in [1.29, 1.82) is 0 Å². The zero-order chi connectivity index (χ0) is 12.6. The fraction of sp³-hybridized carbons (Fsp3) is 0.167. The summed E-state index contributed by atoms with van der Waals surface area (Å²) in [5.41, 5.74) is 0.826. The van der Waals surface area contributed by atoms with Crippen LogP contribution in [0.15, 0.2) is 40.1 Å². The first-order chi connectivity index (χ1) is 8.00. The summed E-state index contributed by atoms with van der Waals surface area (Å²) >= 11 is 6.08. The fourth-order valence-corrected chi connectivity index (χ4v) is 1.89. The van der Waals surface area contributed by atoms with E-state index in [9.17, 15) is 9.59 Å². The molecule has 0 radical (unpaired) electrons. The standard InChI is InChI=1S/C12H11ClN2O2/c1-8-3-4-10(9(13)7-8)15-6-5-11(16)14(2)12(15)17/h3-7H,1-2H3. The molecular weight excluding hydrogens is 240 g/mol. The van der Waals surface area contributed by atoms with Crippen LogP contribution in [0.5, 0.6) is 0 Å². The lowest BCUT2D eigenvalue weighted by atomic mass is 10.2. The minimum absolute atomic E-state index is 0.338. The first-order valence-electron chi connectivity index (χ1n) is 5.06. The summed E-state index contributed by atoms with van der Waals surface area (Å²) in [6, 6.07) is 6.72. The Morgan fingerprint density at radius 3 is 2.53 bits per heavy atom. The van der Waals surface area contributed by atoms with Crippen molar-refractivity contribution in [3.8, 4) is 5.69 Å². The Bertz CT molecular complexity index is 686. The van der Waals surface area contributed by atoms with Gasteiger partial charge in [0.15, 0.2) is 0 Å². The van der Waals surface area contributed by atoms with Gasteiger partial charge in [0, 0.05) is 19.3 Å². The van der Waals surface area contributed by atoms with Gasteiger partial charge in [0.1, 0.15) is 0 Å². The van der Waals surface area contributed by atoms with E-state index in [2.05, 4.69) is 0 Å². The molecule has 0 amide bonds. The van der Waals surface area contributed by atoms with Crippen LogP contribution >= 0.6 is 11.6 Å². The van der Waals surface area contributed by atoms with Gasteiger partial charge in [-0.1, -0.05) is 17.7 Å². The third-order valence-corrected chi connectivity index (χ3v) is 2.86. The van der Waals surface area contributed by atoms with Crippen molar-refractivity contribution in [2.24, 2.45) is 7.05 Å². The van der Waals surface area contributed by atoms with Crippen molar-refractivity contribution in [3.63, 3.8) is 0 Å². The molecular formula is C12H11ClN2O2. The molecule has 0 aliphatic carbocycles. The average molecular weight is 251 g/mol. The number of hydrogen-bond acceptors (Lipinski definition) is 2. The number of hydrogen-bond donors (Lipinski definition) is 0. The lowest BCUT2D eigenvalue weighted by Crippen LogP contribution is -2.36. The summed E-state index contributed by atoms with van der Waals surface area (Å²) in [4.78, 5) is 23.2. The van der Waals surface area contributed by atoms with Crippen molar-refractivity contribution in [2.45, 2.75) is 6.92 Å². The smallest absolute Gasteiger partial charge is 0.269 e. The Balaban J connectivity index is 2.74. The summed E-state index contributed by atoms with van der Waals surface area (Å²) in [7, 11) is 1.43. The van der Waals surface area contributed by atoms with Gasteiger partial charge in [-0.3, -0.25) is 13.9 Å². The predicted molar refractivity (Wildman–Crippen MR) is 67.0 cm³/mol. The molecule has 1 aromatic carbocycles. The topological polar surface area (TPSA) is 44.0 Å². The number of halogens is 1. The number of benzene rings is 1. The van der Waals surface area contributed by atoms with Gasteiger partial charge < -0.3 is 0 Å². The fourth-order valence-electron chi connectivity index (χ4n) is 1.56. The molecule has 4 nitrogen and oxygen atoms in total. The van der Waals surface area contributed by atoms with Crippen molar-refractivity contribution in [1.82, 2.24) is 9.13 Å². The molecule has 0 spiro atoms. The van der Waals surface area contributed by atoms with Gasteiger partial charge in [-0.2, -0.15) is 0 Å². The molecule has 0 fully saturated rings. The maximum atomic E-state index is 11.9. The molecule has 0 aliphatic rings. The van der Waals surface area contributed by atoms with Crippen LogP contribution in [-0.2, 0) is 7.05 Å². The lowest BCUT2D eigenvalue weighted by molar-refractivity contribution is 0.728. The molecule has 0 saturated carbocycles. The van der Waals surface area contributed by atoms with Gasteiger partial charge in [0.25, 0.3) is 5.56 Å². The van der Waals surface area contributed by atoms with E-state index in [1.807, 2.05) is 13.0 Å². The first-order valence-corrected chi connectivity index (χ1v) is 5.44. The minimum atomic E-state index is -0.414. The van der Waals surface area contributed by atoms with E-state index in [4.69, 9.17) is 11.6 Å². The molecule has 0 unspecified atom stereocenters. The number of nitrogens with zero attached hydrogens (tertiary/aromatic N) is 2. The van der Waals surface area contributed by atoms with Crippen LogP contribution in [-0.4, -0.2) is 9.13 Å². The second-order valence-corrected chi connectivity index (χ2v) is 4.23. The van der Waals surface area contributed by atoms with E-state index < -0.39 is 5.69 Å². The Hall–Kier alpha value is -1.81. The van der Waals surface area contributed by atoms with E-state index in [1.165, 1.54) is 23.9 Å². The SMILES string of the molecule is Cc1ccc(-n2ccc(=O)n(C)c2=O)c(Cl)c1. The molecule has 0 saturated heterocycles. The van der Waals surface area contributed by atoms with Gasteiger partial charge >= 0.3 is 5.69 Å².